The monoisotopic (exact) mass is 201 g/mol. The Hall–Kier alpha value is -1.06. The standard InChI is InChI=1S/C10H19NO3/c1-7(9(13)14)8(12)11-6-5-10(2,3)4/h7H,5-6H2,1-4H3,(H,11,12)(H,13,14). The fraction of sp³-hybridized carbons (Fsp3) is 0.800. The van der Waals surface area contributed by atoms with Gasteiger partial charge >= 0.3 is 5.97 Å². The smallest absolute Gasteiger partial charge is 0.315 e. The normalized spacial score (nSPS) is 13.4. The Kier molecular flexibility index (Phi) is 4.60. The summed E-state index contributed by atoms with van der Waals surface area (Å²) < 4.78 is 0. The SMILES string of the molecule is CC(C(=O)O)C(=O)NCCC(C)(C)C. The first-order chi connectivity index (χ1) is 6.24. The molecule has 0 aromatic rings. The van der Waals surface area contributed by atoms with Gasteiger partial charge in [-0.1, -0.05) is 20.8 Å². The largest absolute Gasteiger partial charge is 0.481 e. The van der Waals surface area contributed by atoms with E-state index in [2.05, 4.69) is 26.1 Å². The number of carboxylic acid groups (broad SMARTS) is 1. The highest BCUT2D eigenvalue weighted by atomic mass is 16.4. The molecule has 1 atom stereocenters. The molecule has 0 aromatic heterocycles. The van der Waals surface area contributed by atoms with Crippen LogP contribution in [-0.2, 0) is 9.59 Å². The second kappa shape index (κ2) is 4.98. The molecule has 0 radical (unpaired) electrons. The second-order valence-electron chi connectivity index (χ2n) is 4.66. The minimum absolute atomic E-state index is 0.153. The lowest BCUT2D eigenvalue weighted by molar-refractivity contribution is -0.146. The van der Waals surface area contributed by atoms with Crippen molar-refractivity contribution in [2.24, 2.45) is 11.3 Å². The van der Waals surface area contributed by atoms with Crippen molar-refractivity contribution in [2.45, 2.75) is 34.1 Å². The van der Waals surface area contributed by atoms with Crippen LogP contribution < -0.4 is 5.32 Å². The number of hydrogen-bond acceptors (Lipinski definition) is 2. The van der Waals surface area contributed by atoms with Gasteiger partial charge in [0, 0.05) is 6.54 Å². The van der Waals surface area contributed by atoms with Gasteiger partial charge in [-0.3, -0.25) is 9.59 Å². The third kappa shape index (κ3) is 5.56. The molecule has 1 amide bonds. The minimum atomic E-state index is -1.08. The summed E-state index contributed by atoms with van der Waals surface area (Å²) in [6, 6.07) is 0. The molecule has 4 nitrogen and oxygen atoms in total. The summed E-state index contributed by atoms with van der Waals surface area (Å²) in [5.74, 6) is -2.46. The van der Waals surface area contributed by atoms with E-state index in [1.54, 1.807) is 0 Å². The van der Waals surface area contributed by atoms with Crippen molar-refractivity contribution in [3.05, 3.63) is 0 Å². The Labute approximate surface area is 84.7 Å². The van der Waals surface area contributed by atoms with Crippen LogP contribution in [0.1, 0.15) is 34.1 Å². The molecule has 0 aliphatic carbocycles. The fourth-order valence-corrected chi connectivity index (χ4v) is 0.826. The molecule has 0 saturated carbocycles. The van der Waals surface area contributed by atoms with Crippen LogP contribution in [0.3, 0.4) is 0 Å². The molecule has 0 aromatic carbocycles. The molecule has 0 bridgehead atoms. The lowest BCUT2D eigenvalue weighted by Gasteiger charge is -2.18. The average molecular weight is 201 g/mol. The van der Waals surface area contributed by atoms with Crippen molar-refractivity contribution in [3.63, 3.8) is 0 Å². The lowest BCUT2D eigenvalue weighted by atomic mass is 9.92. The number of rotatable bonds is 4. The second-order valence-corrected chi connectivity index (χ2v) is 4.66. The highest BCUT2D eigenvalue weighted by molar-refractivity contribution is 5.96. The summed E-state index contributed by atoms with van der Waals surface area (Å²) in [6.45, 7) is 8.12. The summed E-state index contributed by atoms with van der Waals surface area (Å²) in [5, 5.41) is 11.2. The third-order valence-electron chi connectivity index (χ3n) is 1.94. The first-order valence-electron chi connectivity index (χ1n) is 4.74. The molecule has 0 saturated heterocycles. The molecule has 4 heteroatoms. The highest BCUT2D eigenvalue weighted by Crippen LogP contribution is 2.16. The third-order valence-corrected chi connectivity index (χ3v) is 1.94. The van der Waals surface area contributed by atoms with Crippen molar-refractivity contribution in [2.75, 3.05) is 6.54 Å². The molecule has 0 aliphatic heterocycles. The Morgan fingerprint density at radius 3 is 2.21 bits per heavy atom. The number of nitrogens with one attached hydrogen (secondary N) is 1. The number of carboxylic acids is 1. The Balaban J connectivity index is 3.81. The number of hydrogen-bond donors (Lipinski definition) is 2. The van der Waals surface area contributed by atoms with Crippen LogP contribution in [0.15, 0.2) is 0 Å². The van der Waals surface area contributed by atoms with Crippen LogP contribution in [0, 0.1) is 11.3 Å². The zero-order valence-electron chi connectivity index (χ0n) is 9.26. The summed E-state index contributed by atoms with van der Waals surface area (Å²) in [4.78, 5) is 21.6. The molecule has 2 N–H and O–H groups in total. The van der Waals surface area contributed by atoms with Gasteiger partial charge in [-0.25, -0.2) is 0 Å². The Morgan fingerprint density at radius 1 is 1.36 bits per heavy atom. The van der Waals surface area contributed by atoms with Crippen LogP contribution in [0.2, 0.25) is 0 Å². The maximum Gasteiger partial charge on any atom is 0.315 e. The summed E-state index contributed by atoms with van der Waals surface area (Å²) in [5.41, 5.74) is 0.153. The Morgan fingerprint density at radius 2 is 1.86 bits per heavy atom. The molecule has 0 spiro atoms. The van der Waals surface area contributed by atoms with Gasteiger partial charge in [0.15, 0.2) is 0 Å². The van der Waals surface area contributed by atoms with Crippen molar-refractivity contribution in [1.82, 2.24) is 5.32 Å². The maximum atomic E-state index is 11.2. The van der Waals surface area contributed by atoms with Crippen molar-refractivity contribution >= 4 is 11.9 Å². The van der Waals surface area contributed by atoms with Crippen LogP contribution in [-0.4, -0.2) is 23.5 Å². The number of amides is 1. The number of carbonyl (C=O) groups is 2. The molecule has 82 valence electrons. The van der Waals surface area contributed by atoms with E-state index in [0.717, 1.165) is 6.42 Å². The summed E-state index contributed by atoms with van der Waals surface area (Å²) in [7, 11) is 0. The molecule has 0 fully saturated rings. The van der Waals surface area contributed by atoms with Crippen LogP contribution >= 0.6 is 0 Å². The summed E-state index contributed by atoms with van der Waals surface area (Å²) >= 11 is 0. The van der Waals surface area contributed by atoms with E-state index >= 15 is 0 Å². The predicted octanol–water partition coefficient (Wildman–Crippen LogP) is 1.26. The first kappa shape index (κ1) is 12.9. The predicted molar refractivity (Wildman–Crippen MR) is 53.9 cm³/mol. The van der Waals surface area contributed by atoms with E-state index in [0.29, 0.717) is 6.54 Å². The topological polar surface area (TPSA) is 66.4 Å². The lowest BCUT2D eigenvalue weighted by Crippen LogP contribution is -2.35. The molecule has 1 unspecified atom stereocenters. The molecular formula is C10H19NO3. The quantitative estimate of drug-likeness (QED) is 0.673. The van der Waals surface area contributed by atoms with Gasteiger partial charge in [0.1, 0.15) is 5.92 Å². The fourth-order valence-electron chi connectivity index (χ4n) is 0.826. The van der Waals surface area contributed by atoms with Crippen molar-refractivity contribution in [1.29, 1.82) is 0 Å². The zero-order chi connectivity index (χ0) is 11.4. The van der Waals surface area contributed by atoms with E-state index in [-0.39, 0.29) is 5.41 Å². The van der Waals surface area contributed by atoms with Crippen molar-refractivity contribution < 1.29 is 14.7 Å². The van der Waals surface area contributed by atoms with Gasteiger partial charge in [0.2, 0.25) is 5.91 Å². The van der Waals surface area contributed by atoms with E-state index in [1.807, 2.05) is 0 Å². The van der Waals surface area contributed by atoms with Gasteiger partial charge in [-0.05, 0) is 18.8 Å². The molecule has 0 rings (SSSR count). The highest BCUT2D eigenvalue weighted by Gasteiger charge is 2.20. The molecular weight excluding hydrogens is 182 g/mol. The van der Waals surface area contributed by atoms with Gasteiger partial charge in [0.05, 0.1) is 0 Å². The van der Waals surface area contributed by atoms with Crippen LogP contribution in [0.25, 0.3) is 0 Å². The molecule has 0 heterocycles. The maximum absolute atomic E-state index is 11.2. The number of aliphatic carboxylic acids is 1. The van der Waals surface area contributed by atoms with E-state index < -0.39 is 17.8 Å². The van der Waals surface area contributed by atoms with Gasteiger partial charge < -0.3 is 10.4 Å². The van der Waals surface area contributed by atoms with Gasteiger partial charge in [0.25, 0.3) is 0 Å². The van der Waals surface area contributed by atoms with E-state index in [4.69, 9.17) is 5.11 Å². The zero-order valence-corrected chi connectivity index (χ0v) is 9.26. The first-order valence-corrected chi connectivity index (χ1v) is 4.74. The Bertz CT molecular complexity index is 218. The van der Waals surface area contributed by atoms with Gasteiger partial charge in [-0.15, -0.1) is 0 Å². The number of carbonyl (C=O) groups excluding carboxylic acids is 1. The summed E-state index contributed by atoms with van der Waals surface area (Å²) in [6.07, 6.45) is 0.838. The molecule has 14 heavy (non-hydrogen) atoms. The minimum Gasteiger partial charge on any atom is -0.481 e. The van der Waals surface area contributed by atoms with Crippen molar-refractivity contribution in [3.8, 4) is 0 Å². The van der Waals surface area contributed by atoms with Crippen LogP contribution in [0.4, 0.5) is 0 Å². The van der Waals surface area contributed by atoms with Crippen LogP contribution in [0.5, 0.6) is 0 Å². The van der Waals surface area contributed by atoms with E-state index in [1.165, 1.54) is 6.92 Å². The molecule has 0 aliphatic rings. The van der Waals surface area contributed by atoms with Gasteiger partial charge in [-0.2, -0.15) is 0 Å². The average Bonchev–Trinajstić information content (AvgIpc) is 2.00. The van der Waals surface area contributed by atoms with E-state index in [9.17, 15) is 9.59 Å².